The van der Waals surface area contributed by atoms with Crippen molar-refractivity contribution < 1.29 is 18.0 Å². The molecule has 2 amide bonds. The summed E-state index contributed by atoms with van der Waals surface area (Å²) in [4.78, 5) is 29.4. The first-order valence-corrected chi connectivity index (χ1v) is 15.3. The molecule has 0 spiro atoms. The molecule has 6 N–H and O–H groups in total. The lowest BCUT2D eigenvalue weighted by Crippen LogP contribution is -2.56. The number of hydrogen-bond acceptors (Lipinski definition) is 6. The van der Waals surface area contributed by atoms with Crippen LogP contribution in [0.1, 0.15) is 17.5 Å². The van der Waals surface area contributed by atoms with Crippen molar-refractivity contribution >= 4 is 49.2 Å². The van der Waals surface area contributed by atoms with Gasteiger partial charge in [0.15, 0.2) is 0 Å². The number of hydrogen-bond donors (Lipinski definition) is 4. The summed E-state index contributed by atoms with van der Waals surface area (Å²) < 4.78 is 30.1. The Labute approximate surface area is 244 Å². The minimum absolute atomic E-state index is 0.0535. The van der Waals surface area contributed by atoms with E-state index in [0.717, 1.165) is 21.5 Å². The minimum atomic E-state index is -4.11. The van der Waals surface area contributed by atoms with Crippen molar-refractivity contribution in [3.63, 3.8) is 0 Å². The van der Waals surface area contributed by atoms with Crippen LogP contribution in [-0.4, -0.2) is 74.6 Å². The van der Waals surface area contributed by atoms with Crippen LogP contribution in [0.2, 0.25) is 0 Å². The van der Waals surface area contributed by atoms with E-state index in [2.05, 4.69) is 4.72 Å². The molecule has 5 rings (SSSR count). The van der Waals surface area contributed by atoms with Gasteiger partial charge in [0.05, 0.1) is 4.90 Å². The average molecular weight is 587 g/mol. The van der Waals surface area contributed by atoms with Gasteiger partial charge in [-0.3, -0.25) is 15.0 Å². The van der Waals surface area contributed by atoms with Crippen LogP contribution >= 0.6 is 0 Å². The Bertz CT molecular complexity index is 1770. The number of nitrogen functional groups attached to an aromatic ring is 1. The lowest BCUT2D eigenvalue weighted by molar-refractivity contribution is -0.140. The fourth-order valence-corrected chi connectivity index (χ4v) is 6.52. The van der Waals surface area contributed by atoms with Gasteiger partial charge in [0, 0.05) is 44.7 Å². The molecule has 1 saturated heterocycles. The number of nitrogens with two attached hydrogens (primary N) is 2. The molecule has 218 valence electrons. The Kier molecular flexibility index (Phi) is 8.53. The number of sulfonamides is 1. The molecule has 10 nitrogen and oxygen atoms in total. The number of nitrogens with one attached hydrogen (secondary N) is 2. The zero-order chi connectivity index (χ0) is 29.9. The predicted molar refractivity (Wildman–Crippen MR) is 164 cm³/mol. The summed E-state index contributed by atoms with van der Waals surface area (Å²) in [6, 6.07) is 22.5. The van der Waals surface area contributed by atoms with Crippen molar-refractivity contribution in [1.29, 1.82) is 5.41 Å². The van der Waals surface area contributed by atoms with Crippen molar-refractivity contribution in [3.8, 4) is 0 Å². The van der Waals surface area contributed by atoms with Gasteiger partial charge in [-0.2, -0.15) is 4.72 Å². The van der Waals surface area contributed by atoms with Crippen LogP contribution in [-0.2, 0) is 26.0 Å². The Hall–Kier alpha value is -4.32. The molecule has 0 unspecified atom stereocenters. The maximum Gasteiger partial charge on any atom is 0.241 e. The number of carbonyl (C=O) groups is 2. The third-order valence-electron chi connectivity index (χ3n) is 7.56. The van der Waals surface area contributed by atoms with Gasteiger partial charge in [0.1, 0.15) is 11.9 Å². The van der Waals surface area contributed by atoms with Gasteiger partial charge in [-0.25, -0.2) is 8.42 Å². The molecule has 4 aromatic carbocycles. The summed E-state index contributed by atoms with van der Waals surface area (Å²) in [6.45, 7) is 1.52. The van der Waals surface area contributed by atoms with Gasteiger partial charge in [-0.15, -0.1) is 0 Å². The molecular formula is C31H34N6O4S. The average Bonchev–Trinajstić information content (AvgIpc) is 2.99. The molecule has 1 atom stereocenters. The van der Waals surface area contributed by atoms with Gasteiger partial charge in [-0.05, 0) is 63.9 Å². The highest BCUT2D eigenvalue weighted by molar-refractivity contribution is 7.89. The Morgan fingerprint density at radius 2 is 1.48 bits per heavy atom. The smallest absolute Gasteiger partial charge is 0.241 e. The lowest BCUT2D eigenvalue weighted by Gasteiger charge is -2.36. The highest BCUT2D eigenvalue weighted by Crippen LogP contribution is 2.25. The third kappa shape index (κ3) is 6.43. The predicted octanol–water partition coefficient (Wildman–Crippen LogP) is 2.19. The molecule has 0 aromatic heterocycles. The SMILES string of the molecule is N=C(N)c1cccc(C[C@H](NS(=O)(=O)c2ccc3cc4ccccc4cc3c2)C(=O)N2CCN(C(=O)CCN)CC2)c1. The molecule has 1 aliphatic heterocycles. The number of rotatable bonds is 9. The fraction of sp³-hybridized carbons (Fsp3) is 0.258. The number of amides is 2. The number of nitrogens with zero attached hydrogens (tertiary/aromatic N) is 2. The van der Waals surface area contributed by atoms with Gasteiger partial charge < -0.3 is 21.3 Å². The normalized spacial score (nSPS) is 14.7. The van der Waals surface area contributed by atoms with Crippen LogP contribution in [0, 0.1) is 5.41 Å². The first-order valence-electron chi connectivity index (χ1n) is 13.8. The topological polar surface area (TPSA) is 163 Å². The summed E-state index contributed by atoms with van der Waals surface area (Å²) in [5, 5.41) is 11.5. The maximum absolute atomic E-state index is 13.8. The molecule has 11 heteroatoms. The van der Waals surface area contributed by atoms with E-state index in [1.165, 1.54) is 0 Å². The second-order valence-corrected chi connectivity index (χ2v) is 12.2. The maximum atomic E-state index is 13.8. The number of amidine groups is 1. The van der Waals surface area contributed by atoms with Crippen molar-refractivity contribution in [1.82, 2.24) is 14.5 Å². The molecule has 0 saturated carbocycles. The standard InChI is InChI=1S/C31H34N6O4S/c32-11-10-29(38)36-12-14-37(15-13-36)31(39)28(17-21-4-3-7-25(16-21)30(33)34)35-42(40,41)27-9-8-24-18-22-5-1-2-6-23(22)19-26(24)20-27/h1-9,16,18-20,28,35H,10-15,17,32H2,(H3,33,34)/t28-/m0/s1. The molecule has 0 aliphatic carbocycles. The van der Waals surface area contributed by atoms with E-state index in [1.807, 2.05) is 36.4 Å². The van der Waals surface area contributed by atoms with E-state index < -0.39 is 16.1 Å². The van der Waals surface area contributed by atoms with E-state index in [-0.39, 0.29) is 55.0 Å². The Balaban J connectivity index is 1.42. The fourth-order valence-electron chi connectivity index (χ4n) is 5.30. The second-order valence-electron chi connectivity index (χ2n) is 10.4. The number of benzene rings is 4. The van der Waals surface area contributed by atoms with Crippen LogP contribution in [0.3, 0.4) is 0 Å². The van der Waals surface area contributed by atoms with Crippen molar-refractivity contribution in [2.75, 3.05) is 32.7 Å². The van der Waals surface area contributed by atoms with Crippen LogP contribution in [0.25, 0.3) is 21.5 Å². The van der Waals surface area contributed by atoms with Crippen molar-refractivity contribution in [2.45, 2.75) is 23.8 Å². The molecule has 1 heterocycles. The van der Waals surface area contributed by atoms with Gasteiger partial charge >= 0.3 is 0 Å². The minimum Gasteiger partial charge on any atom is -0.384 e. The van der Waals surface area contributed by atoms with E-state index in [1.54, 1.807) is 52.3 Å². The van der Waals surface area contributed by atoms with E-state index in [4.69, 9.17) is 16.9 Å². The largest absolute Gasteiger partial charge is 0.384 e. The van der Waals surface area contributed by atoms with E-state index in [0.29, 0.717) is 24.2 Å². The number of fused-ring (bicyclic) bond motifs is 2. The zero-order valence-corrected chi connectivity index (χ0v) is 23.9. The highest BCUT2D eigenvalue weighted by atomic mass is 32.2. The third-order valence-corrected chi connectivity index (χ3v) is 9.03. The molecule has 1 aliphatic rings. The van der Waals surface area contributed by atoms with Crippen LogP contribution < -0.4 is 16.2 Å². The van der Waals surface area contributed by atoms with Gasteiger partial charge in [0.25, 0.3) is 0 Å². The molecule has 1 fully saturated rings. The van der Waals surface area contributed by atoms with Crippen molar-refractivity contribution in [2.24, 2.45) is 11.5 Å². The van der Waals surface area contributed by atoms with Crippen LogP contribution in [0.4, 0.5) is 0 Å². The van der Waals surface area contributed by atoms with Crippen molar-refractivity contribution in [3.05, 3.63) is 90.0 Å². The summed E-state index contributed by atoms with van der Waals surface area (Å²) in [6.07, 6.45) is 0.300. The van der Waals surface area contributed by atoms with Gasteiger partial charge in [-0.1, -0.05) is 48.5 Å². The van der Waals surface area contributed by atoms with E-state index in [9.17, 15) is 18.0 Å². The summed E-state index contributed by atoms with van der Waals surface area (Å²) in [5.74, 6) is -0.571. The van der Waals surface area contributed by atoms with Crippen LogP contribution in [0.15, 0.2) is 83.8 Å². The molecule has 4 aromatic rings. The molecule has 42 heavy (non-hydrogen) atoms. The first kappa shape index (κ1) is 29.2. The van der Waals surface area contributed by atoms with E-state index >= 15 is 0 Å². The Morgan fingerprint density at radius 1 is 0.833 bits per heavy atom. The first-order chi connectivity index (χ1) is 20.1. The highest BCUT2D eigenvalue weighted by Gasteiger charge is 2.32. The van der Waals surface area contributed by atoms with Gasteiger partial charge in [0.2, 0.25) is 21.8 Å². The summed E-state index contributed by atoms with van der Waals surface area (Å²) in [5.41, 5.74) is 12.3. The molecular weight excluding hydrogens is 552 g/mol. The second kappa shape index (κ2) is 12.3. The summed E-state index contributed by atoms with van der Waals surface area (Å²) >= 11 is 0. The zero-order valence-electron chi connectivity index (χ0n) is 23.1. The summed E-state index contributed by atoms with van der Waals surface area (Å²) in [7, 11) is -4.11. The Morgan fingerprint density at radius 3 is 2.14 bits per heavy atom. The number of piperazine rings is 1. The molecule has 0 bridgehead atoms. The lowest BCUT2D eigenvalue weighted by atomic mass is 10.0. The van der Waals surface area contributed by atoms with Crippen LogP contribution in [0.5, 0.6) is 0 Å². The number of carbonyl (C=O) groups excluding carboxylic acids is 2. The monoisotopic (exact) mass is 586 g/mol. The molecule has 0 radical (unpaired) electrons. The quantitative estimate of drug-likeness (QED) is 0.133.